The number of aromatic nitrogens is 6. The van der Waals surface area contributed by atoms with Crippen LogP contribution in [0.2, 0.25) is 0 Å². The van der Waals surface area contributed by atoms with Crippen LogP contribution in [0.15, 0.2) is 12.4 Å². The molecule has 15 heavy (non-hydrogen) atoms. The van der Waals surface area contributed by atoms with Gasteiger partial charge in [0.25, 0.3) is 0 Å². The van der Waals surface area contributed by atoms with Crippen molar-refractivity contribution in [3.8, 4) is 0 Å². The van der Waals surface area contributed by atoms with E-state index < -0.39 is 0 Å². The lowest BCUT2D eigenvalue weighted by molar-refractivity contribution is 0.589. The zero-order valence-electron chi connectivity index (χ0n) is 8.50. The Hall–Kier alpha value is -1.43. The summed E-state index contributed by atoms with van der Waals surface area (Å²) < 4.78 is 1.72. The molecule has 0 amide bonds. The SMILES string of the molecule is CC(Cl)c1cnnn1Cc1cnn(C)n1. The minimum absolute atomic E-state index is 0.114. The fourth-order valence-electron chi connectivity index (χ4n) is 1.31. The topological polar surface area (TPSA) is 61.4 Å². The highest BCUT2D eigenvalue weighted by atomic mass is 35.5. The molecule has 1 atom stereocenters. The highest BCUT2D eigenvalue weighted by Gasteiger charge is 2.10. The van der Waals surface area contributed by atoms with Crippen molar-refractivity contribution in [2.45, 2.75) is 18.8 Å². The molecule has 0 saturated carbocycles. The second-order valence-corrected chi connectivity index (χ2v) is 3.91. The van der Waals surface area contributed by atoms with Crippen molar-refractivity contribution in [3.63, 3.8) is 0 Å². The van der Waals surface area contributed by atoms with E-state index in [1.165, 1.54) is 4.80 Å². The fourth-order valence-corrected chi connectivity index (χ4v) is 1.48. The number of aryl methyl sites for hydroxylation is 1. The molecule has 0 aliphatic rings. The molecule has 0 aliphatic heterocycles. The summed E-state index contributed by atoms with van der Waals surface area (Å²) in [6.45, 7) is 2.42. The zero-order valence-corrected chi connectivity index (χ0v) is 9.26. The van der Waals surface area contributed by atoms with Crippen LogP contribution in [0.1, 0.15) is 23.7 Å². The summed E-state index contributed by atoms with van der Waals surface area (Å²) >= 11 is 5.98. The Labute approximate surface area is 91.8 Å². The minimum atomic E-state index is -0.114. The first-order valence-electron chi connectivity index (χ1n) is 4.54. The molecule has 80 valence electrons. The largest absolute Gasteiger partial charge is 0.242 e. The van der Waals surface area contributed by atoms with Crippen molar-refractivity contribution in [1.82, 2.24) is 30.0 Å². The summed E-state index contributed by atoms with van der Waals surface area (Å²) in [4.78, 5) is 1.51. The molecule has 2 aromatic rings. The predicted molar refractivity (Wildman–Crippen MR) is 54.4 cm³/mol. The van der Waals surface area contributed by atoms with Gasteiger partial charge in [-0.25, -0.2) is 4.68 Å². The van der Waals surface area contributed by atoms with Gasteiger partial charge < -0.3 is 0 Å². The first-order valence-corrected chi connectivity index (χ1v) is 4.98. The Morgan fingerprint density at radius 1 is 1.47 bits per heavy atom. The van der Waals surface area contributed by atoms with Gasteiger partial charge >= 0.3 is 0 Å². The molecule has 0 N–H and O–H groups in total. The zero-order chi connectivity index (χ0) is 10.8. The van der Waals surface area contributed by atoms with Gasteiger partial charge in [0, 0.05) is 7.05 Å². The molecule has 0 aliphatic carbocycles. The highest BCUT2D eigenvalue weighted by Crippen LogP contribution is 2.17. The smallest absolute Gasteiger partial charge is 0.104 e. The van der Waals surface area contributed by atoms with E-state index in [9.17, 15) is 0 Å². The van der Waals surface area contributed by atoms with Crippen LogP contribution in [0.25, 0.3) is 0 Å². The standard InChI is InChI=1S/C8H11ClN6/c1-6(9)8-4-10-13-15(8)5-7-3-11-14(2)12-7/h3-4,6H,5H2,1-2H3. The lowest BCUT2D eigenvalue weighted by Crippen LogP contribution is -2.07. The molecule has 2 heterocycles. The van der Waals surface area contributed by atoms with E-state index >= 15 is 0 Å². The molecule has 0 radical (unpaired) electrons. The van der Waals surface area contributed by atoms with Gasteiger partial charge in [-0.05, 0) is 6.92 Å². The average molecular weight is 227 g/mol. The summed E-state index contributed by atoms with van der Waals surface area (Å²) in [5.74, 6) is 0. The summed E-state index contributed by atoms with van der Waals surface area (Å²) in [7, 11) is 1.77. The van der Waals surface area contributed by atoms with E-state index in [0.717, 1.165) is 11.4 Å². The normalized spacial score (nSPS) is 13.0. The van der Waals surface area contributed by atoms with Crippen molar-refractivity contribution in [2.24, 2.45) is 7.05 Å². The third kappa shape index (κ3) is 2.15. The number of alkyl halides is 1. The maximum absolute atomic E-state index is 5.98. The maximum Gasteiger partial charge on any atom is 0.104 e. The number of rotatable bonds is 3. The number of hydrogen-bond donors (Lipinski definition) is 0. The van der Waals surface area contributed by atoms with E-state index in [2.05, 4.69) is 20.5 Å². The highest BCUT2D eigenvalue weighted by molar-refractivity contribution is 6.20. The van der Waals surface area contributed by atoms with Gasteiger partial charge in [0.2, 0.25) is 0 Å². The van der Waals surface area contributed by atoms with Crippen LogP contribution < -0.4 is 0 Å². The lowest BCUT2D eigenvalue weighted by Gasteiger charge is -2.04. The Morgan fingerprint density at radius 2 is 2.27 bits per heavy atom. The Balaban J connectivity index is 2.20. The molecule has 7 heteroatoms. The molecule has 0 aromatic carbocycles. The van der Waals surface area contributed by atoms with Gasteiger partial charge in [0.05, 0.1) is 30.0 Å². The van der Waals surface area contributed by atoms with Crippen molar-refractivity contribution >= 4 is 11.6 Å². The van der Waals surface area contributed by atoms with E-state index in [1.807, 2.05) is 6.92 Å². The Morgan fingerprint density at radius 3 is 2.87 bits per heavy atom. The molecule has 0 saturated heterocycles. The van der Waals surface area contributed by atoms with Crippen LogP contribution >= 0.6 is 11.6 Å². The average Bonchev–Trinajstić information content (AvgIpc) is 2.75. The monoisotopic (exact) mass is 226 g/mol. The van der Waals surface area contributed by atoms with Gasteiger partial charge in [0.15, 0.2) is 0 Å². The van der Waals surface area contributed by atoms with E-state index in [0.29, 0.717) is 6.54 Å². The van der Waals surface area contributed by atoms with Crippen molar-refractivity contribution in [1.29, 1.82) is 0 Å². The van der Waals surface area contributed by atoms with Gasteiger partial charge in [-0.3, -0.25) is 0 Å². The lowest BCUT2D eigenvalue weighted by atomic mass is 10.3. The molecular formula is C8H11ClN6. The molecular weight excluding hydrogens is 216 g/mol. The summed E-state index contributed by atoms with van der Waals surface area (Å²) in [6, 6.07) is 0. The minimum Gasteiger partial charge on any atom is -0.242 e. The number of halogens is 1. The van der Waals surface area contributed by atoms with Crippen LogP contribution in [0.4, 0.5) is 0 Å². The number of hydrogen-bond acceptors (Lipinski definition) is 4. The van der Waals surface area contributed by atoms with Crippen molar-refractivity contribution in [3.05, 3.63) is 23.8 Å². The first-order chi connectivity index (χ1) is 7.16. The third-order valence-electron chi connectivity index (χ3n) is 2.01. The molecule has 0 fully saturated rings. The molecule has 2 aromatic heterocycles. The second kappa shape index (κ2) is 3.98. The summed E-state index contributed by atoms with van der Waals surface area (Å²) in [6.07, 6.45) is 3.36. The molecule has 6 nitrogen and oxygen atoms in total. The molecule has 1 unspecified atom stereocenters. The van der Waals surface area contributed by atoms with Crippen molar-refractivity contribution in [2.75, 3.05) is 0 Å². The summed E-state index contributed by atoms with van der Waals surface area (Å²) in [5.41, 5.74) is 1.71. The Kier molecular flexibility index (Phi) is 2.68. The van der Waals surface area contributed by atoms with Gasteiger partial charge in [0.1, 0.15) is 5.69 Å². The third-order valence-corrected chi connectivity index (χ3v) is 2.24. The van der Waals surface area contributed by atoms with E-state index in [-0.39, 0.29) is 5.38 Å². The quantitative estimate of drug-likeness (QED) is 0.725. The van der Waals surface area contributed by atoms with Crippen molar-refractivity contribution < 1.29 is 0 Å². The maximum atomic E-state index is 5.98. The van der Waals surface area contributed by atoms with Crippen LogP contribution in [0.5, 0.6) is 0 Å². The fraction of sp³-hybridized carbons (Fsp3) is 0.500. The predicted octanol–water partition coefficient (Wildman–Crippen LogP) is 0.755. The van der Waals surface area contributed by atoms with E-state index in [1.54, 1.807) is 24.1 Å². The van der Waals surface area contributed by atoms with Crippen LogP contribution in [-0.4, -0.2) is 30.0 Å². The van der Waals surface area contributed by atoms with Crippen LogP contribution in [0, 0.1) is 0 Å². The van der Waals surface area contributed by atoms with Gasteiger partial charge in [-0.15, -0.1) is 16.7 Å². The van der Waals surface area contributed by atoms with Gasteiger partial charge in [-0.1, -0.05) is 5.21 Å². The summed E-state index contributed by atoms with van der Waals surface area (Å²) in [5, 5.41) is 15.8. The molecule has 0 bridgehead atoms. The second-order valence-electron chi connectivity index (χ2n) is 3.26. The van der Waals surface area contributed by atoms with Crippen LogP contribution in [-0.2, 0) is 13.6 Å². The molecule has 0 spiro atoms. The van der Waals surface area contributed by atoms with Gasteiger partial charge in [-0.2, -0.15) is 15.0 Å². The number of nitrogens with zero attached hydrogens (tertiary/aromatic N) is 6. The molecule has 2 rings (SSSR count). The van der Waals surface area contributed by atoms with E-state index in [4.69, 9.17) is 11.6 Å². The first kappa shape index (κ1) is 10.1. The van der Waals surface area contributed by atoms with Crippen LogP contribution in [0.3, 0.4) is 0 Å². The Bertz CT molecular complexity index is 445.